The van der Waals surface area contributed by atoms with Gasteiger partial charge in [-0.25, -0.2) is 0 Å². The van der Waals surface area contributed by atoms with Crippen LogP contribution in [0.1, 0.15) is 25.3 Å². The van der Waals surface area contributed by atoms with Crippen molar-refractivity contribution >= 4 is 0 Å². The molecular weight excluding hydrogens is 148 g/mol. The predicted octanol–water partition coefficient (Wildman–Crippen LogP) is 2.99. The fourth-order valence-electron chi connectivity index (χ4n) is 1.08. The Labute approximate surface area is 74.4 Å². The Bertz CT molecular complexity index is 206. The highest BCUT2D eigenvalue weighted by Gasteiger charge is 2.03. The molecule has 1 heteroatoms. The van der Waals surface area contributed by atoms with Gasteiger partial charge in [0, 0.05) is 12.5 Å². The highest BCUT2D eigenvalue weighted by Crippen LogP contribution is 2.17. The molecule has 1 nitrogen and oxygen atoms in total. The van der Waals surface area contributed by atoms with Crippen molar-refractivity contribution in [2.75, 3.05) is 6.61 Å². The summed E-state index contributed by atoms with van der Waals surface area (Å²) in [5, 5.41) is 0. The largest absolute Gasteiger partial charge is 0.375 e. The third-order valence-corrected chi connectivity index (χ3v) is 1.79. The normalized spacial score (nSPS) is 12.8. The van der Waals surface area contributed by atoms with Gasteiger partial charge in [0.2, 0.25) is 0 Å². The summed E-state index contributed by atoms with van der Waals surface area (Å²) < 4.78 is 5.22. The molecule has 65 valence electrons. The van der Waals surface area contributed by atoms with E-state index >= 15 is 0 Å². The first-order valence-electron chi connectivity index (χ1n) is 4.34. The highest BCUT2D eigenvalue weighted by molar-refractivity contribution is 5.20. The van der Waals surface area contributed by atoms with Gasteiger partial charge in [-0.1, -0.05) is 37.3 Å². The molecule has 1 rings (SSSR count). The van der Waals surface area contributed by atoms with Gasteiger partial charge in [0.15, 0.2) is 0 Å². The molecule has 0 aliphatic carbocycles. The van der Waals surface area contributed by atoms with Crippen molar-refractivity contribution in [2.45, 2.75) is 19.8 Å². The van der Waals surface area contributed by atoms with Gasteiger partial charge in [0.05, 0.1) is 6.61 Å². The number of benzene rings is 1. The first-order valence-corrected chi connectivity index (χ1v) is 4.34. The molecule has 0 bridgehead atoms. The monoisotopic (exact) mass is 163 g/mol. The van der Waals surface area contributed by atoms with Crippen LogP contribution in [-0.2, 0) is 4.74 Å². The Morgan fingerprint density at radius 2 is 2.00 bits per heavy atom. The second-order valence-corrected chi connectivity index (χ2v) is 2.79. The van der Waals surface area contributed by atoms with E-state index in [1.54, 1.807) is 0 Å². The summed E-state index contributed by atoms with van der Waals surface area (Å²) >= 11 is 0. The third-order valence-electron chi connectivity index (χ3n) is 1.79. The van der Waals surface area contributed by atoms with Crippen molar-refractivity contribution in [1.82, 2.24) is 0 Å². The Morgan fingerprint density at radius 3 is 2.58 bits per heavy atom. The van der Waals surface area contributed by atoms with Crippen molar-refractivity contribution in [1.29, 1.82) is 0 Å². The zero-order chi connectivity index (χ0) is 8.81. The molecule has 1 unspecified atom stereocenters. The number of rotatable bonds is 4. The number of hydrogen-bond acceptors (Lipinski definition) is 1. The molecule has 0 heterocycles. The van der Waals surface area contributed by atoms with Gasteiger partial charge in [-0.3, -0.25) is 0 Å². The van der Waals surface area contributed by atoms with Crippen LogP contribution in [0.3, 0.4) is 0 Å². The lowest BCUT2D eigenvalue weighted by molar-refractivity contribution is 0.200. The maximum Gasteiger partial charge on any atom is 0.0908 e. The van der Waals surface area contributed by atoms with Crippen LogP contribution in [0.15, 0.2) is 30.3 Å². The Hall–Kier alpha value is -0.820. The van der Waals surface area contributed by atoms with E-state index in [0.29, 0.717) is 5.92 Å². The van der Waals surface area contributed by atoms with Crippen molar-refractivity contribution in [2.24, 2.45) is 0 Å². The molecule has 12 heavy (non-hydrogen) atoms. The van der Waals surface area contributed by atoms with E-state index in [2.05, 4.69) is 19.1 Å². The maximum absolute atomic E-state index is 5.22. The molecule has 0 N–H and O–H groups in total. The van der Waals surface area contributed by atoms with Crippen LogP contribution in [-0.4, -0.2) is 6.61 Å². The van der Waals surface area contributed by atoms with Crippen LogP contribution in [0, 0.1) is 6.61 Å². The predicted molar refractivity (Wildman–Crippen MR) is 50.8 cm³/mol. The standard InChI is InChI=1S/C11H15O/c1-3-12-9-10(2)11-7-5-4-6-8-11/h4-10H,3H2,1-2H3. The van der Waals surface area contributed by atoms with E-state index in [1.807, 2.05) is 31.7 Å². The third kappa shape index (κ3) is 2.67. The summed E-state index contributed by atoms with van der Waals surface area (Å²) in [6.45, 7) is 6.76. The second kappa shape index (κ2) is 4.94. The van der Waals surface area contributed by atoms with Crippen molar-refractivity contribution < 1.29 is 4.74 Å². The molecule has 0 spiro atoms. The summed E-state index contributed by atoms with van der Waals surface area (Å²) in [4.78, 5) is 0. The minimum atomic E-state index is 0.381. The van der Waals surface area contributed by atoms with E-state index < -0.39 is 0 Å². The fraction of sp³-hybridized carbons (Fsp3) is 0.364. The summed E-state index contributed by atoms with van der Waals surface area (Å²) in [6.07, 6.45) is 0. The average Bonchev–Trinajstić information content (AvgIpc) is 2.15. The van der Waals surface area contributed by atoms with Crippen molar-refractivity contribution in [3.63, 3.8) is 0 Å². The minimum absolute atomic E-state index is 0.381. The Morgan fingerprint density at radius 1 is 1.33 bits per heavy atom. The first kappa shape index (κ1) is 9.27. The zero-order valence-electron chi connectivity index (χ0n) is 7.66. The molecule has 0 fully saturated rings. The van der Waals surface area contributed by atoms with Gasteiger partial charge in [0.1, 0.15) is 0 Å². The molecule has 0 saturated heterocycles. The zero-order valence-corrected chi connectivity index (χ0v) is 7.66. The topological polar surface area (TPSA) is 9.23 Å². The summed E-state index contributed by atoms with van der Waals surface area (Å²) in [7, 11) is 0. The molecule has 1 aromatic carbocycles. The number of hydrogen-bond donors (Lipinski definition) is 0. The lowest BCUT2D eigenvalue weighted by atomic mass is 10.0. The second-order valence-electron chi connectivity index (χ2n) is 2.79. The van der Waals surface area contributed by atoms with Crippen molar-refractivity contribution in [3.05, 3.63) is 42.5 Å². The van der Waals surface area contributed by atoms with Crippen LogP contribution in [0.4, 0.5) is 0 Å². The fourth-order valence-corrected chi connectivity index (χ4v) is 1.08. The smallest absolute Gasteiger partial charge is 0.0908 e. The van der Waals surface area contributed by atoms with Gasteiger partial charge in [0.25, 0.3) is 0 Å². The van der Waals surface area contributed by atoms with Crippen LogP contribution in [0.25, 0.3) is 0 Å². The summed E-state index contributed by atoms with van der Waals surface area (Å²) in [6, 6.07) is 10.3. The molecule has 0 amide bonds. The van der Waals surface area contributed by atoms with Crippen LogP contribution in [0.2, 0.25) is 0 Å². The van der Waals surface area contributed by atoms with E-state index in [9.17, 15) is 0 Å². The molecule has 1 atom stereocenters. The SMILES string of the molecule is CCO[CH]C(C)c1ccccc1. The lowest BCUT2D eigenvalue weighted by Gasteiger charge is -2.09. The molecule has 0 aromatic heterocycles. The van der Waals surface area contributed by atoms with E-state index in [4.69, 9.17) is 4.74 Å². The first-order chi connectivity index (χ1) is 5.84. The van der Waals surface area contributed by atoms with E-state index in [1.165, 1.54) is 5.56 Å². The summed E-state index contributed by atoms with van der Waals surface area (Å²) in [5.41, 5.74) is 1.30. The van der Waals surface area contributed by atoms with Crippen LogP contribution < -0.4 is 0 Å². The van der Waals surface area contributed by atoms with Crippen molar-refractivity contribution in [3.8, 4) is 0 Å². The van der Waals surface area contributed by atoms with Crippen LogP contribution >= 0.6 is 0 Å². The van der Waals surface area contributed by atoms with Gasteiger partial charge < -0.3 is 4.74 Å². The Kier molecular flexibility index (Phi) is 3.81. The Balaban J connectivity index is 2.48. The van der Waals surface area contributed by atoms with Gasteiger partial charge in [-0.15, -0.1) is 0 Å². The highest BCUT2D eigenvalue weighted by atomic mass is 16.5. The average molecular weight is 163 g/mol. The van der Waals surface area contributed by atoms with Gasteiger partial charge in [-0.05, 0) is 12.5 Å². The van der Waals surface area contributed by atoms with Gasteiger partial charge in [-0.2, -0.15) is 0 Å². The molecule has 0 aliphatic rings. The van der Waals surface area contributed by atoms with E-state index in [-0.39, 0.29) is 0 Å². The molecule has 1 radical (unpaired) electrons. The molecule has 0 saturated carbocycles. The lowest BCUT2D eigenvalue weighted by Crippen LogP contribution is -1.97. The quantitative estimate of drug-likeness (QED) is 0.663. The number of ether oxygens (including phenoxy) is 1. The van der Waals surface area contributed by atoms with E-state index in [0.717, 1.165) is 6.61 Å². The molecule has 0 aliphatic heterocycles. The maximum atomic E-state index is 5.22. The molecular formula is C11H15O. The van der Waals surface area contributed by atoms with Gasteiger partial charge >= 0.3 is 0 Å². The molecule has 1 aromatic rings. The minimum Gasteiger partial charge on any atom is -0.375 e. The van der Waals surface area contributed by atoms with Crippen LogP contribution in [0.5, 0.6) is 0 Å². The summed E-state index contributed by atoms with van der Waals surface area (Å²) in [5.74, 6) is 0.381.